The molecule has 0 radical (unpaired) electrons. The third-order valence-corrected chi connectivity index (χ3v) is 5.10. The number of rotatable bonds is 3. The van der Waals surface area contributed by atoms with E-state index in [-0.39, 0.29) is 5.91 Å². The number of sulfonamides is 1. The average Bonchev–Trinajstić information content (AvgIpc) is 2.51. The molecule has 0 N–H and O–H groups in total. The first kappa shape index (κ1) is 14.8. The average molecular weight is 296 g/mol. The summed E-state index contributed by atoms with van der Waals surface area (Å²) in [6, 6.07) is 5.36. The highest BCUT2D eigenvalue weighted by Crippen LogP contribution is 2.42. The van der Waals surface area contributed by atoms with Gasteiger partial charge >= 0.3 is 0 Å². The molecule has 110 valence electrons. The summed E-state index contributed by atoms with van der Waals surface area (Å²) in [6.45, 7) is 5.87. The monoisotopic (exact) mass is 296 g/mol. The minimum absolute atomic E-state index is 0.0204. The Morgan fingerprint density at radius 2 is 1.90 bits per heavy atom. The van der Waals surface area contributed by atoms with E-state index in [1.807, 2.05) is 19.9 Å². The molecule has 0 saturated heterocycles. The summed E-state index contributed by atoms with van der Waals surface area (Å²) in [4.78, 5) is 13.8. The minimum atomic E-state index is -3.31. The van der Waals surface area contributed by atoms with Crippen LogP contribution in [0.4, 0.5) is 11.4 Å². The predicted molar refractivity (Wildman–Crippen MR) is 80.7 cm³/mol. The van der Waals surface area contributed by atoms with Gasteiger partial charge in [0.25, 0.3) is 0 Å². The molecule has 1 aliphatic rings. The van der Waals surface area contributed by atoms with E-state index in [1.165, 1.54) is 10.6 Å². The second kappa shape index (κ2) is 4.48. The van der Waals surface area contributed by atoms with Crippen molar-refractivity contribution in [3.8, 4) is 0 Å². The van der Waals surface area contributed by atoms with Crippen molar-refractivity contribution >= 4 is 27.3 Å². The van der Waals surface area contributed by atoms with Gasteiger partial charge in [-0.1, -0.05) is 0 Å². The maximum absolute atomic E-state index is 12.2. The highest BCUT2D eigenvalue weighted by atomic mass is 32.2. The topological polar surface area (TPSA) is 57.7 Å². The van der Waals surface area contributed by atoms with Crippen LogP contribution < -0.4 is 9.21 Å². The summed E-state index contributed by atoms with van der Waals surface area (Å²) < 4.78 is 24.9. The second-order valence-corrected chi connectivity index (χ2v) is 7.53. The van der Waals surface area contributed by atoms with Gasteiger partial charge in [-0.2, -0.15) is 0 Å². The highest BCUT2D eigenvalue weighted by molar-refractivity contribution is 7.92. The molecule has 0 aliphatic carbocycles. The van der Waals surface area contributed by atoms with Crippen LogP contribution in [-0.2, 0) is 20.2 Å². The number of hydrogen-bond donors (Lipinski definition) is 0. The summed E-state index contributed by atoms with van der Waals surface area (Å²) in [5.41, 5.74) is 1.68. The first-order valence-electron chi connectivity index (χ1n) is 6.51. The second-order valence-electron chi connectivity index (χ2n) is 5.62. The molecule has 0 spiro atoms. The van der Waals surface area contributed by atoms with Gasteiger partial charge in [0.15, 0.2) is 0 Å². The van der Waals surface area contributed by atoms with Crippen LogP contribution in [0.15, 0.2) is 18.2 Å². The van der Waals surface area contributed by atoms with Gasteiger partial charge in [-0.15, -0.1) is 0 Å². The Balaban J connectivity index is 2.60. The molecule has 2 rings (SSSR count). The van der Waals surface area contributed by atoms with Gasteiger partial charge in [0.1, 0.15) is 0 Å². The number of hydrogen-bond acceptors (Lipinski definition) is 3. The zero-order chi connectivity index (χ0) is 15.3. The molecule has 1 amide bonds. The summed E-state index contributed by atoms with van der Waals surface area (Å²) in [6.07, 6.45) is 1.19. The van der Waals surface area contributed by atoms with E-state index in [9.17, 15) is 13.2 Å². The number of fused-ring (bicyclic) bond motifs is 1. The molecule has 1 aliphatic heterocycles. The van der Waals surface area contributed by atoms with E-state index in [0.717, 1.165) is 11.3 Å². The number of carbonyl (C=O) groups is 1. The lowest BCUT2D eigenvalue weighted by molar-refractivity contribution is -0.121. The van der Waals surface area contributed by atoms with Crippen LogP contribution in [0, 0.1) is 0 Å². The zero-order valence-corrected chi connectivity index (χ0v) is 13.3. The van der Waals surface area contributed by atoms with Crippen molar-refractivity contribution in [2.24, 2.45) is 0 Å². The van der Waals surface area contributed by atoms with Crippen LogP contribution in [0.5, 0.6) is 0 Å². The van der Waals surface area contributed by atoms with Gasteiger partial charge < -0.3 is 4.90 Å². The van der Waals surface area contributed by atoms with Crippen molar-refractivity contribution in [1.29, 1.82) is 0 Å². The lowest BCUT2D eigenvalue weighted by Gasteiger charge is -2.22. The predicted octanol–water partition coefficient (Wildman–Crippen LogP) is 1.73. The van der Waals surface area contributed by atoms with E-state index in [1.54, 1.807) is 31.0 Å². The molecule has 0 aromatic heterocycles. The summed E-state index contributed by atoms with van der Waals surface area (Å²) in [7, 11) is -1.58. The summed E-state index contributed by atoms with van der Waals surface area (Å²) in [5, 5.41) is 0. The maximum atomic E-state index is 12.2. The first-order valence-corrected chi connectivity index (χ1v) is 8.36. The molecular weight excluding hydrogens is 276 g/mol. The third-order valence-electron chi connectivity index (χ3n) is 3.83. The molecule has 0 fully saturated rings. The van der Waals surface area contributed by atoms with Gasteiger partial charge in [0.05, 0.1) is 17.4 Å². The Bertz CT molecular complexity index is 665. The fourth-order valence-electron chi connectivity index (χ4n) is 2.72. The van der Waals surface area contributed by atoms with Crippen molar-refractivity contribution in [1.82, 2.24) is 0 Å². The molecule has 1 heterocycles. The van der Waals surface area contributed by atoms with Crippen molar-refractivity contribution in [3.05, 3.63) is 23.8 Å². The molecule has 0 atom stereocenters. The lowest BCUT2D eigenvalue weighted by atomic mass is 9.86. The summed E-state index contributed by atoms with van der Waals surface area (Å²) in [5.74, 6) is 0.0204. The van der Waals surface area contributed by atoms with Crippen molar-refractivity contribution in [2.75, 3.05) is 29.1 Å². The Labute approximate surface area is 120 Å². The van der Waals surface area contributed by atoms with Crippen LogP contribution in [0.2, 0.25) is 0 Å². The molecule has 0 unspecified atom stereocenters. The van der Waals surface area contributed by atoms with Crippen molar-refractivity contribution in [2.45, 2.75) is 26.2 Å². The van der Waals surface area contributed by atoms with Crippen LogP contribution in [0.3, 0.4) is 0 Å². The SMILES string of the molecule is CCN(c1ccc2c(c1)C(C)(C)C(=O)N2C)S(C)(=O)=O. The third kappa shape index (κ3) is 2.08. The van der Waals surface area contributed by atoms with E-state index >= 15 is 0 Å². The molecule has 5 nitrogen and oxygen atoms in total. The van der Waals surface area contributed by atoms with Gasteiger partial charge in [0.2, 0.25) is 15.9 Å². The molecular formula is C14H20N2O3S. The van der Waals surface area contributed by atoms with Gasteiger partial charge in [0, 0.05) is 19.3 Å². The molecule has 0 saturated carbocycles. The minimum Gasteiger partial charge on any atom is -0.314 e. The smallest absolute Gasteiger partial charge is 0.236 e. The molecule has 1 aromatic rings. The quantitative estimate of drug-likeness (QED) is 0.853. The molecule has 0 bridgehead atoms. The number of nitrogens with zero attached hydrogens (tertiary/aromatic N) is 2. The Kier molecular flexibility index (Phi) is 3.32. The van der Waals surface area contributed by atoms with Crippen molar-refractivity contribution in [3.63, 3.8) is 0 Å². The Morgan fingerprint density at radius 3 is 2.40 bits per heavy atom. The maximum Gasteiger partial charge on any atom is 0.236 e. The standard InChI is InChI=1S/C14H20N2O3S/c1-6-16(20(5,18)19)10-7-8-12-11(9-10)14(2,3)13(17)15(12)4/h7-9H,6H2,1-5H3. The van der Waals surface area contributed by atoms with Crippen LogP contribution >= 0.6 is 0 Å². The Hall–Kier alpha value is -1.56. The number of carbonyl (C=O) groups excluding carboxylic acids is 1. The largest absolute Gasteiger partial charge is 0.314 e. The van der Waals surface area contributed by atoms with E-state index in [2.05, 4.69) is 0 Å². The van der Waals surface area contributed by atoms with Gasteiger partial charge in [-0.25, -0.2) is 8.42 Å². The molecule has 6 heteroatoms. The fraction of sp³-hybridized carbons (Fsp3) is 0.500. The number of anilines is 2. The lowest BCUT2D eigenvalue weighted by Crippen LogP contribution is -2.33. The first-order chi connectivity index (χ1) is 9.10. The number of benzene rings is 1. The van der Waals surface area contributed by atoms with E-state index < -0.39 is 15.4 Å². The van der Waals surface area contributed by atoms with Gasteiger partial charge in [-0.05, 0) is 44.5 Å². The van der Waals surface area contributed by atoms with Gasteiger partial charge in [-0.3, -0.25) is 9.10 Å². The zero-order valence-electron chi connectivity index (χ0n) is 12.5. The van der Waals surface area contributed by atoms with Crippen LogP contribution in [0.25, 0.3) is 0 Å². The highest BCUT2D eigenvalue weighted by Gasteiger charge is 2.42. The normalized spacial score (nSPS) is 17.2. The van der Waals surface area contributed by atoms with Crippen molar-refractivity contribution < 1.29 is 13.2 Å². The Morgan fingerprint density at radius 1 is 1.30 bits per heavy atom. The molecule has 20 heavy (non-hydrogen) atoms. The van der Waals surface area contributed by atoms with E-state index in [0.29, 0.717) is 12.2 Å². The fourth-order valence-corrected chi connectivity index (χ4v) is 3.69. The molecule has 1 aromatic carbocycles. The summed E-state index contributed by atoms with van der Waals surface area (Å²) >= 11 is 0. The van der Waals surface area contributed by atoms with E-state index in [4.69, 9.17) is 0 Å². The number of amides is 1. The number of likely N-dealkylation sites (N-methyl/N-ethyl adjacent to an activating group) is 1. The van der Waals surface area contributed by atoms with Crippen LogP contribution in [-0.4, -0.2) is 34.2 Å². The van der Waals surface area contributed by atoms with Crippen LogP contribution in [0.1, 0.15) is 26.3 Å².